The van der Waals surface area contributed by atoms with Crippen LogP contribution in [0.25, 0.3) is 0 Å². The minimum Gasteiger partial charge on any atom is -0.497 e. The quantitative estimate of drug-likeness (QED) is 0.767. The Bertz CT molecular complexity index is 837. The van der Waals surface area contributed by atoms with Crippen LogP contribution < -0.4 is 14.2 Å². The van der Waals surface area contributed by atoms with Gasteiger partial charge < -0.3 is 9.47 Å². The molecule has 0 amide bonds. The average molecular weight is 363 g/mol. The maximum absolute atomic E-state index is 12.6. The van der Waals surface area contributed by atoms with Gasteiger partial charge in [0, 0.05) is 6.54 Å². The van der Waals surface area contributed by atoms with Gasteiger partial charge in [0.25, 0.3) is 0 Å². The molecule has 25 heavy (non-hydrogen) atoms. The smallest absolute Gasteiger partial charge is 0.241 e. The largest absolute Gasteiger partial charge is 0.497 e. The van der Waals surface area contributed by atoms with Crippen LogP contribution in [0.4, 0.5) is 0 Å². The Balaban J connectivity index is 2.02. The standard InChI is InChI=1S/C19H25NO4S/c1-13-6-7-18(14(2)10-13)24-9-8-20-25(21,22)19-15(3)11-17(23-5)12-16(19)4/h6-7,10-12,20H,8-9H2,1-5H3. The van der Waals surface area contributed by atoms with Gasteiger partial charge in [-0.2, -0.15) is 0 Å². The van der Waals surface area contributed by atoms with Gasteiger partial charge in [0.2, 0.25) is 10.0 Å². The number of hydrogen-bond donors (Lipinski definition) is 1. The van der Waals surface area contributed by atoms with Gasteiger partial charge >= 0.3 is 0 Å². The van der Waals surface area contributed by atoms with Crippen LogP contribution in [0.1, 0.15) is 22.3 Å². The summed E-state index contributed by atoms with van der Waals surface area (Å²) in [6.07, 6.45) is 0. The lowest BCUT2D eigenvalue weighted by molar-refractivity contribution is 0.320. The number of sulfonamides is 1. The van der Waals surface area contributed by atoms with E-state index >= 15 is 0 Å². The molecule has 5 nitrogen and oxygen atoms in total. The summed E-state index contributed by atoms with van der Waals surface area (Å²) >= 11 is 0. The van der Waals surface area contributed by atoms with Crippen LogP contribution in [0.15, 0.2) is 35.2 Å². The SMILES string of the molecule is COc1cc(C)c(S(=O)(=O)NCCOc2ccc(C)cc2C)c(C)c1. The molecule has 0 saturated heterocycles. The number of benzene rings is 2. The van der Waals surface area contributed by atoms with Crippen LogP contribution in [0.2, 0.25) is 0 Å². The van der Waals surface area contributed by atoms with Gasteiger partial charge in [-0.05, 0) is 62.6 Å². The Morgan fingerprint density at radius 2 is 1.60 bits per heavy atom. The summed E-state index contributed by atoms with van der Waals surface area (Å²) < 4.78 is 38.6. The molecule has 136 valence electrons. The van der Waals surface area contributed by atoms with Crippen molar-refractivity contribution in [1.82, 2.24) is 4.72 Å². The van der Waals surface area contributed by atoms with Gasteiger partial charge in [0.05, 0.1) is 12.0 Å². The van der Waals surface area contributed by atoms with Crippen LogP contribution in [-0.2, 0) is 10.0 Å². The van der Waals surface area contributed by atoms with E-state index < -0.39 is 10.0 Å². The summed E-state index contributed by atoms with van der Waals surface area (Å²) in [5.74, 6) is 1.41. The molecular formula is C19H25NO4S. The van der Waals surface area contributed by atoms with Gasteiger partial charge in [0.1, 0.15) is 18.1 Å². The molecule has 0 atom stereocenters. The van der Waals surface area contributed by atoms with Gasteiger partial charge in [-0.15, -0.1) is 0 Å². The number of methoxy groups -OCH3 is 1. The second-order valence-electron chi connectivity index (χ2n) is 6.11. The fraction of sp³-hybridized carbons (Fsp3) is 0.368. The third-order valence-corrected chi connectivity index (χ3v) is 5.69. The summed E-state index contributed by atoms with van der Waals surface area (Å²) in [7, 11) is -2.04. The Labute approximate surface area is 150 Å². The molecule has 0 fully saturated rings. The third-order valence-electron chi connectivity index (χ3n) is 3.92. The number of aryl methyl sites for hydroxylation is 4. The predicted octanol–water partition coefficient (Wildman–Crippen LogP) is 3.29. The van der Waals surface area contributed by atoms with Gasteiger partial charge in [-0.25, -0.2) is 13.1 Å². The van der Waals surface area contributed by atoms with Crippen LogP contribution in [0.3, 0.4) is 0 Å². The number of rotatable bonds is 7. The van der Waals surface area contributed by atoms with Crippen molar-refractivity contribution in [2.45, 2.75) is 32.6 Å². The summed E-state index contributed by atoms with van der Waals surface area (Å²) in [5.41, 5.74) is 3.50. The van der Waals surface area contributed by atoms with Crippen LogP contribution in [-0.4, -0.2) is 28.7 Å². The minimum atomic E-state index is -3.60. The lowest BCUT2D eigenvalue weighted by atomic mass is 10.1. The van der Waals surface area contributed by atoms with Gasteiger partial charge in [-0.3, -0.25) is 0 Å². The molecule has 0 saturated carbocycles. The minimum absolute atomic E-state index is 0.195. The highest BCUT2D eigenvalue weighted by atomic mass is 32.2. The second-order valence-corrected chi connectivity index (χ2v) is 7.81. The first-order valence-electron chi connectivity index (χ1n) is 8.09. The Morgan fingerprint density at radius 1 is 0.960 bits per heavy atom. The predicted molar refractivity (Wildman–Crippen MR) is 99.1 cm³/mol. The molecule has 1 N–H and O–H groups in total. The monoisotopic (exact) mass is 363 g/mol. The lowest BCUT2D eigenvalue weighted by Gasteiger charge is -2.14. The van der Waals surface area contributed by atoms with Gasteiger partial charge in [-0.1, -0.05) is 17.7 Å². The first kappa shape index (κ1) is 19.3. The molecule has 0 unspecified atom stereocenters. The maximum atomic E-state index is 12.6. The van der Waals surface area contributed by atoms with Crippen LogP contribution in [0.5, 0.6) is 11.5 Å². The molecule has 0 bridgehead atoms. The molecule has 0 aliphatic carbocycles. The van der Waals surface area contributed by atoms with Crippen molar-refractivity contribution in [3.63, 3.8) is 0 Å². The topological polar surface area (TPSA) is 64.6 Å². The first-order valence-corrected chi connectivity index (χ1v) is 9.58. The summed E-state index contributed by atoms with van der Waals surface area (Å²) in [6, 6.07) is 9.33. The summed E-state index contributed by atoms with van der Waals surface area (Å²) in [4.78, 5) is 0.291. The first-order chi connectivity index (χ1) is 11.7. The fourth-order valence-corrected chi connectivity index (χ4v) is 4.28. The summed E-state index contributed by atoms with van der Waals surface area (Å²) in [6.45, 7) is 7.96. The zero-order valence-electron chi connectivity index (χ0n) is 15.3. The molecule has 0 aliphatic rings. The van der Waals surface area contributed by atoms with E-state index in [1.165, 1.54) is 0 Å². The summed E-state index contributed by atoms with van der Waals surface area (Å²) in [5, 5.41) is 0. The van der Waals surface area contributed by atoms with Gasteiger partial charge in [0.15, 0.2) is 0 Å². The van der Waals surface area contributed by atoms with Crippen LogP contribution in [0, 0.1) is 27.7 Å². The Morgan fingerprint density at radius 3 is 2.16 bits per heavy atom. The molecule has 0 aliphatic heterocycles. The van der Waals surface area contributed by atoms with E-state index in [4.69, 9.17) is 9.47 Å². The zero-order valence-corrected chi connectivity index (χ0v) is 16.2. The number of hydrogen-bond acceptors (Lipinski definition) is 4. The Hall–Kier alpha value is -2.05. The van der Waals surface area contributed by atoms with Crippen molar-refractivity contribution in [3.8, 4) is 11.5 Å². The Kier molecular flexibility index (Phi) is 6.08. The number of ether oxygens (including phenoxy) is 2. The normalized spacial score (nSPS) is 11.4. The molecule has 0 radical (unpaired) electrons. The zero-order chi connectivity index (χ0) is 18.6. The molecule has 0 aromatic heterocycles. The van der Waals surface area contributed by atoms with Crippen molar-refractivity contribution in [2.75, 3.05) is 20.3 Å². The molecule has 0 spiro atoms. The van der Waals surface area contributed by atoms with Crippen LogP contribution >= 0.6 is 0 Å². The molecule has 2 aromatic carbocycles. The van der Waals surface area contributed by atoms with E-state index in [2.05, 4.69) is 4.72 Å². The van der Waals surface area contributed by atoms with Crippen molar-refractivity contribution < 1.29 is 17.9 Å². The van der Waals surface area contributed by atoms with E-state index in [9.17, 15) is 8.42 Å². The average Bonchev–Trinajstić information content (AvgIpc) is 2.52. The highest BCUT2D eigenvalue weighted by Gasteiger charge is 2.20. The molecule has 6 heteroatoms. The molecule has 2 rings (SSSR count). The molecule has 0 heterocycles. The second kappa shape index (κ2) is 7.89. The van der Waals surface area contributed by atoms with E-state index in [-0.39, 0.29) is 13.2 Å². The number of nitrogens with one attached hydrogen (secondary N) is 1. The highest BCUT2D eigenvalue weighted by molar-refractivity contribution is 7.89. The van der Waals surface area contributed by atoms with Crippen molar-refractivity contribution in [3.05, 3.63) is 52.6 Å². The molecular weight excluding hydrogens is 338 g/mol. The lowest BCUT2D eigenvalue weighted by Crippen LogP contribution is -2.29. The van der Waals surface area contributed by atoms with Crippen molar-refractivity contribution in [2.24, 2.45) is 0 Å². The van der Waals surface area contributed by atoms with E-state index in [1.54, 1.807) is 33.1 Å². The van der Waals surface area contributed by atoms with Crippen molar-refractivity contribution in [1.29, 1.82) is 0 Å². The highest BCUT2D eigenvalue weighted by Crippen LogP contribution is 2.25. The molecule has 2 aromatic rings. The van der Waals surface area contributed by atoms with E-state index in [0.717, 1.165) is 16.9 Å². The third kappa shape index (κ3) is 4.74. The van der Waals surface area contributed by atoms with E-state index in [0.29, 0.717) is 21.8 Å². The fourth-order valence-electron chi connectivity index (χ4n) is 2.82. The van der Waals surface area contributed by atoms with E-state index in [1.807, 2.05) is 32.0 Å². The maximum Gasteiger partial charge on any atom is 0.241 e. The van der Waals surface area contributed by atoms with Crippen molar-refractivity contribution >= 4 is 10.0 Å².